The number of aryl methyl sites for hydroxylation is 2. The second kappa shape index (κ2) is 4.65. The van der Waals surface area contributed by atoms with Crippen molar-refractivity contribution >= 4 is 5.82 Å². The maximum atomic E-state index is 6.01. The smallest absolute Gasteiger partial charge is 0.169 e. The molecule has 2 aromatic heterocycles. The summed E-state index contributed by atoms with van der Waals surface area (Å²) in [5.41, 5.74) is 6.83. The molecule has 3 rings (SSSR count). The van der Waals surface area contributed by atoms with E-state index in [-0.39, 0.29) is 6.10 Å². The number of ether oxygens (including phenoxy) is 1. The molecule has 0 spiro atoms. The molecule has 0 aromatic carbocycles. The SMILES string of the molecule is Cc1nnc(-c2cnn(C)c2N)n1C[C@@H]1CCCO1. The summed E-state index contributed by atoms with van der Waals surface area (Å²) in [6.07, 6.45) is 4.17. The van der Waals surface area contributed by atoms with E-state index in [1.165, 1.54) is 0 Å². The fraction of sp³-hybridized carbons (Fsp3) is 0.583. The first-order valence-electron chi connectivity index (χ1n) is 6.46. The van der Waals surface area contributed by atoms with E-state index < -0.39 is 0 Å². The molecule has 0 amide bonds. The molecule has 7 heteroatoms. The highest BCUT2D eigenvalue weighted by molar-refractivity contribution is 5.68. The van der Waals surface area contributed by atoms with Gasteiger partial charge in [0.25, 0.3) is 0 Å². The van der Waals surface area contributed by atoms with Gasteiger partial charge in [0.15, 0.2) is 5.82 Å². The summed E-state index contributed by atoms with van der Waals surface area (Å²) in [6, 6.07) is 0. The first-order valence-corrected chi connectivity index (χ1v) is 6.46. The summed E-state index contributed by atoms with van der Waals surface area (Å²) < 4.78 is 9.37. The van der Waals surface area contributed by atoms with Crippen LogP contribution in [0.25, 0.3) is 11.4 Å². The predicted octanol–water partition coefficient (Wildman–Crippen LogP) is 0.748. The van der Waals surface area contributed by atoms with Crippen LogP contribution in [0, 0.1) is 6.92 Å². The highest BCUT2D eigenvalue weighted by Crippen LogP contribution is 2.25. The number of hydrogen-bond donors (Lipinski definition) is 1. The molecule has 19 heavy (non-hydrogen) atoms. The first-order chi connectivity index (χ1) is 9.16. The maximum absolute atomic E-state index is 6.01. The van der Waals surface area contributed by atoms with Gasteiger partial charge in [-0.15, -0.1) is 10.2 Å². The topological polar surface area (TPSA) is 83.8 Å². The predicted molar refractivity (Wildman–Crippen MR) is 70.3 cm³/mol. The van der Waals surface area contributed by atoms with Gasteiger partial charge < -0.3 is 15.0 Å². The highest BCUT2D eigenvalue weighted by Gasteiger charge is 2.21. The van der Waals surface area contributed by atoms with E-state index in [2.05, 4.69) is 19.9 Å². The van der Waals surface area contributed by atoms with Crippen molar-refractivity contribution in [1.82, 2.24) is 24.5 Å². The Morgan fingerprint density at radius 3 is 2.95 bits per heavy atom. The molecule has 3 heterocycles. The van der Waals surface area contributed by atoms with Gasteiger partial charge in [-0.05, 0) is 19.8 Å². The van der Waals surface area contributed by atoms with E-state index in [9.17, 15) is 0 Å². The lowest BCUT2D eigenvalue weighted by atomic mass is 10.2. The minimum atomic E-state index is 0.242. The zero-order valence-corrected chi connectivity index (χ0v) is 11.2. The summed E-state index contributed by atoms with van der Waals surface area (Å²) in [5.74, 6) is 2.23. The molecule has 1 aliphatic heterocycles. The number of nitrogens with two attached hydrogens (primary N) is 1. The third-order valence-corrected chi connectivity index (χ3v) is 3.57. The molecule has 1 atom stereocenters. The monoisotopic (exact) mass is 262 g/mol. The Kier molecular flexibility index (Phi) is 2.98. The van der Waals surface area contributed by atoms with Crippen LogP contribution in [0.2, 0.25) is 0 Å². The molecular weight excluding hydrogens is 244 g/mol. The van der Waals surface area contributed by atoms with Gasteiger partial charge in [0.05, 0.1) is 24.4 Å². The maximum Gasteiger partial charge on any atom is 0.169 e. The van der Waals surface area contributed by atoms with Crippen LogP contribution >= 0.6 is 0 Å². The van der Waals surface area contributed by atoms with Crippen LogP contribution in [-0.2, 0) is 18.3 Å². The lowest BCUT2D eigenvalue weighted by Crippen LogP contribution is -2.17. The van der Waals surface area contributed by atoms with E-state index in [0.717, 1.165) is 43.2 Å². The van der Waals surface area contributed by atoms with Crippen molar-refractivity contribution in [3.8, 4) is 11.4 Å². The van der Waals surface area contributed by atoms with E-state index in [0.29, 0.717) is 5.82 Å². The molecule has 102 valence electrons. The first kappa shape index (κ1) is 12.2. The Balaban J connectivity index is 1.95. The third kappa shape index (κ3) is 2.10. The number of aromatic nitrogens is 5. The summed E-state index contributed by atoms with van der Waals surface area (Å²) in [6.45, 7) is 3.55. The standard InChI is InChI=1S/C12H18N6O/c1-8-15-16-12(10-6-14-17(2)11(10)13)18(8)7-9-4-3-5-19-9/h6,9H,3-5,7,13H2,1-2H3/t9-/m0/s1. The molecule has 1 aliphatic rings. The van der Waals surface area contributed by atoms with Crippen LogP contribution in [0.15, 0.2) is 6.20 Å². The van der Waals surface area contributed by atoms with Crippen molar-refractivity contribution in [3.05, 3.63) is 12.0 Å². The highest BCUT2D eigenvalue weighted by atomic mass is 16.5. The Morgan fingerprint density at radius 1 is 1.47 bits per heavy atom. The van der Waals surface area contributed by atoms with Crippen molar-refractivity contribution in [1.29, 1.82) is 0 Å². The summed E-state index contributed by atoms with van der Waals surface area (Å²) >= 11 is 0. The Hall–Kier alpha value is -1.89. The average Bonchev–Trinajstić information content (AvgIpc) is 3.08. The van der Waals surface area contributed by atoms with Gasteiger partial charge in [-0.2, -0.15) is 5.10 Å². The van der Waals surface area contributed by atoms with Gasteiger partial charge in [-0.3, -0.25) is 4.68 Å². The lowest BCUT2D eigenvalue weighted by Gasteiger charge is -2.13. The lowest BCUT2D eigenvalue weighted by molar-refractivity contribution is 0.0968. The third-order valence-electron chi connectivity index (χ3n) is 3.57. The molecule has 0 radical (unpaired) electrons. The van der Waals surface area contributed by atoms with E-state index in [1.807, 2.05) is 14.0 Å². The van der Waals surface area contributed by atoms with Crippen molar-refractivity contribution < 1.29 is 4.74 Å². The number of anilines is 1. The molecule has 2 aromatic rings. The van der Waals surface area contributed by atoms with E-state index in [4.69, 9.17) is 10.5 Å². The summed E-state index contributed by atoms with van der Waals surface area (Å²) in [4.78, 5) is 0. The van der Waals surface area contributed by atoms with Crippen LogP contribution in [0.3, 0.4) is 0 Å². The Morgan fingerprint density at radius 2 is 2.32 bits per heavy atom. The minimum Gasteiger partial charge on any atom is -0.383 e. The van der Waals surface area contributed by atoms with Crippen LogP contribution in [0.1, 0.15) is 18.7 Å². The fourth-order valence-corrected chi connectivity index (χ4v) is 2.41. The van der Waals surface area contributed by atoms with Gasteiger partial charge in [0.2, 0.25) is 0 Å². The number of hydrogen-bond acceptors (Lipinski definition) is 5. The van der Waals surface area contributed by atoms with Crippen LogP contribution < -0.4 is 5.73 Å². The molecule has 1 fully saturated rings. The van der Waals surface area contributed by atoms with Crippen molar-refractivity contribution in [2.24, 2.45) is 7.05 Å². The normalized spacial score (nSPS) is 19.2. The van der Waals surface area contributed by atoms with Crippen LogP contribution in [0.4, 0.5) is 5.82 Å². The summed E-state index contributed by atoms with van der Waals surface area (Å²) in [5, 5.41) is 12.5. The van der Waals surface area contributed by atoms with Crippen LogP contribution in [0.5, 0.6) is 0 Å². The molecule has 0 aliphatic carbocycles. The number of rotatable bonds is 3. The largest absolute Gasteiger partial charge is 0.383 e. The minimum absolute atomic E-state index is 0.242. The molecule has 1 saturated heterocycles. The number of nitrogen functional groups attached to an aromatic ring is 1. The molecular formula is C12H18N6O. The van der Waals surface area contributed by atoms with Crippen molar-refractivity contribution in [2.45, 2.75) is 32.4 Å². The second-order valence-electron chi connectivity index (χ2n) is 4.88. The Bertz CT molecular complexity index is 581. The quantitative estimate of drug-likeness (QED) is 0.882. The number of nitrogens with zero attached hydrogens (tertiary/aromatic N) is 5. The zero-order valence-electron chi connectivity index (χ0n) is 11.2. The fourth-order valence-electron chi connectivity index (χ4n) is 2.41. The van der Waals surface area contributed by atoms with Crippen molar-refractivity contribution in [2.75, 3.05) is 12.3 Å². The van der Waals surface area contributed by atoms with Gasteiger partial charge in [-0.1, -0.05) is 0 Å². The van der Waals surface area contributed by atoms with Crippen LogP contribution in [-0.4, -0.2) is 37.3 Å². The van der Waals surface area contributed by atoms with E-state index >= 15 is 0 Å². The van der Waals surface area contributed by atoms with Crippen molar-refractivity contribution in [3.63, 3.8) is 0 Å². The van der Waals surface area contributed by atoms with Gasteiger partial charge in [0.1, 0.15) is 11.6 Å². The zero-order chi connectivity index (χ0) is 13.4. The summed E-state index contributed by atoms with van der Waals surface area (Å²) in [7, 11) is 1.81. The molecule has 0 bridgehead atoms. The second-order valence-corrected chi connectivity index (χ2v) is 4.88. The van der Waals surface area contributed by atoms with Gasteiger partial charge >= 0.3 is 0 Å². The molecule has 0 saturated carbocycles. The average molecular weight is 262 g/mol. The van der Waals surface area contributed by atoms with Gasteiger partial charge in [-0.25, -0.2) is 0 Å². The Labute approximate surface area is 111 Å². The van der Waals surface area contributed by atoms with Gasteiger partial charge in [0, 0.05) is 13.7 Å². The van der Waals surface area contributed by atoms with E-state index in [1.54, 1.807) is 10.9 Å². The molecule has 0 unspecified atom stereocenters. The molecule has 7 nitrogen and oxygen atoms in total. The molecule has 2 N–H and O–H groups in total.